The van der Waals surface area contributed by atoms with Gasteiger partial charge in [0.2, 0.25) is 22.1 Å². The first kappa shape index (κ1) is 63.1. The lowest BCUT2D eigenvalue weighted by molar-refractivity contribution is -0.498. The molecule has 1 aliphatic carbocycles. The molecule has 432 valence electrons. The van der Waals surface area contributed by atoms with E-state index in [2.05, 4.69) is 36.3 Å². The average Bonchev–Trinajstić information content (AvgIpc) is 3.57. The van der Waals surface area contributed by atoms with Crippen molar-refractivity contribution in [1.82, 2.24) is 20.9 Å². The summed E-state index contributed by atoms with van der Waals surface area (Å²) in [5, 5.41) is 23.2. The van der Waals surface area contributed by atoms with Gasteiger partial charge in [0.1, 0.15) is 25.5 Å². The standard InChI is InChI=1S/C51H63N9O18S2/c1-4-53-39-17-15-37-45(38-16-18-40(54-5-2)49(80(70,71)72)47(38)78-46(37)48(39)79(67,68)69)35-12-6-7-13-36(35)51(66)60(3)23-9-14-41(61)56-22-25-74-27-26-73-24-19-42(62)55-20-21-57-50(65)33-10-8-11-34(30-33)77-31-43(58-59-52)76-29-28-75-32-44(63)64/h6-8,10-13,15-18,30,43,53H,4-5,9,14,19-29,31-32H2,1-3H3,(H,55,62)(H,56,61)(H,57,65)(H,63,64)(H,67,68,69)(H,70,71,72)/p+1. The topological polar surface area (TPSA) is 388 Å². The van der Waals surface area contributed by atoms with Gasteiger partial charge in [0.05, 0.1) is 45.3 Å². The molecule has 2 aliphatic rings. The van der Waals surface area contributed by atoms with Crippen LogP contribution in [0.15, 0.2) is 92.1 Å². The molecule has 5 rings (SSSR count). The second-order valence-electron chi connectivity index (χ2n) is 17.2. The Hall–Kier alpha value is -7.73. The van der Waals surface area contributed by atoms with Gasteiger partial charge in [-0.25, -0.2) is 9.79 Å². The number of azide groups is 1. The van der Waals surface area contributed by atoms with E-state index < -0.39 is 72.0 Å². The zero-order chi connectivity index (χ0) is 58.2. The van der Waals surface area contributed by atoms with Crippen molar-refractivity contribution in [3.05, 3.63) is 99.7 Å². The quantitative estimate of drug-likeness (QED) is 0.00731. The van der Waals surface area contributed by atoms with Crippen LogP contribution in [0.25, 0.3) is 43.9 Å². The first-order chi connectivity index (χ1) is 38.3. The molecule has 8 N–H and O–H groups in total. The summed E-state index contributed by atoms with van der Waals surface area (Å²) >= 11 is 0. The molecular formula is C51H64N9O18S2+. The number of hydrogen-bond donors (Lipinski definition) is 8. The number of carbonyl (C=O) groups is 5. The lowest BCUT2D eigenvalue weighted by Gasteiger charge is -2.22. The number of hydrogen-bond acceptors (Lipinski definition) is 17. The van der Waals surface area contributed by atoms with Crippen LogP contribution in [-0.2, 0) is 53.6 Å². The number of aliphatic carboxylic acids is 1. The number of carboxylic acid groups (broad SMARTS) is 1. The molecule has 0 fully saturated rings. The minimum Gasteiger partial charge on any atom is -0.491 e. The minimum atomic E-state index is -5.05. The number of anilines is 1. The molecule has 3 aromatic rings. The molecule has 1 unspecified atom stereocenters. The molecule has 1 heterocycles. The van der Waals surface area contributed by atoms with E-state index in [4.69, 9.17) is 38.7 Å². The molecule has 3 aromatic carbocycles. The highest BCUT2D eigenvalue weighted by atomic mass is 32.2. The van der Waals surface area contributed by atoms with Crippen molar-refractivity contribution in [2.45, 2.75) is 49.1 Å². The van der Waals surface area contributed by atoms with Gasteiger partial charge in [0, 0.05) is 91.2 Å². The predicted octanol–water partition coefficient (Wildman–Crippen LogP) is 2.20. The maximum Gasteiger partial charge on any atom is 0.329 e. The summed E-state index contributed by atoms with van der Waals surface area (Å²) in [5.74, 6) is -2.78. The summed E-state index contributed by atoms with van der Waals surface area (Å²) in [6.45, 7) is 4.36. The molecule has 4 amide bonds. The van der Waals surface area contributed by atoms with Crippen molar-refractivity contribution in [2.24, 2.45) is 5.11 Å². The van der Waals surface area contributed by atoms with Crippen LogP contribution in [-0.4, -0.2) is 171 Å². The SMILES string of the molecule is CCNc1ccc2c(-c3ccccc3C(=O)N(C)CCCC(=O)NCCOCCOCCC(=O)NCCNC(=O)c3cccc(OCC(N=[N+]=[N-])OCCOCC(=O)O)c3)c3ccc(=[NH+]CC)c(S(=O)(=O)O)c-3oc2c1S(=O)(=O)O. The predicted molar refractivity (Wildman–Crippen MR) is 287 cm³/mol. The van der Waals surface area contributed by atoms with E-state index in [0.29, 0.717) is 5.75 Å². The lowest BCUT2D eigenvalue weighted by Crippen LogP contribution is -2.76. The number of benzene rings is 4. The fraction of sp³-hybridized carbons (Fsp3) is 0.412. The Bertz CT molecular complexity index is 3300. The number of carboxylic acids is 1. The maximum atomic E-state index is 14.2. The van der Waals surface area contributed by atoms with E-state index in [1.165, 1.54) is 41.3 Å². The molecule has 0 radical (unpaired) electrons. The van der Waals surface area contributed by atoms with Gasteiger partial charge in [-0.05, 0) is 73.8 Å². The number of ether oxygens (including phenoxy) is 5. The number of fused-ring (bicyclic) bond motifs is 2. The van der Waals surface area contributed by atoms with Crippen LogP contribution in [0, 0.1) is 0 Å². The van der Waals surface area contributed by atoms with Gasteiger partial charge in [0.15, 0.2) is 22.5 Å². The second kappa shape index (κ2) is 31.2. The molecule has 1 atom stereocenters. The summed E-state index contributed by atoms with van der Waals surface area (Å²) in [4.78, 5) is 68.0. The number of amides is 4. The van der Waals surface area contributed by atoms with Crippen LogP contribution in [0.2, 0.25) is 0 Å². The summed E-state index contributed by atoms with van der Waals surface area (Å²) in [6, 6.07) is 18.4. The zero-order valence-electron chi connectivity index (χ0n) is 44.1. The summed E-state index contributed by atoms with van der Waals surface area (Å²) in [6.07, 6.45) is -0.647. The molecular weight excluding hydrogens is 1090 g/mol. The lowest BCUT2D eigenvalue weighted by atomic mass is 9.90. The third-order valence-corrected chi connectivity index (χ3v) is 13.3. The van der Waals surface area contributed by atoms with Crippen LogP contribution < -0.4 is 36.4 Å². The molecule has 80 heavy (non-hydrogen) atoms. The van der Waals surface area contributed by atoms with E-state index in [9.17, 15) is 49.9 Å². The smallest absolute Gasteiger partial charge is 0.329 e. The van der Waals surface area contributed by atoms with E-state index in [1.54, 1.807) is 57.3 Å². The second-order valence-corrected chi connectivity index (χ2v) is 20.0. The number of nitrogens with one attached hydrogen (secondary N) is 5. The van der Waals surface area contributed by atoms with Crippen LogP contribution in [0.1, 0.15) is 53.8 Å². The Kier molecular flexibility index (Phi) is 24.6. The van der Waals surface area contributed by atoms with Crippen molar-refractivity contribution in [3.8, 4) is 28.2 Å². The Morgan fingerprint density at radius 2 is 1.49 bits per heavy atom. The van der Waals surface area contributed by atoms with Crippen LogP contribution in [0.3, 0.4) is 0 Å². The molecule has 0 saturated heterocycles. The molecule has 27 nitrogen and oxygen atoms in total. The fourth-order valence-corrected chi connectivity index (χ4v) is 9.59. The van der Waals surface area contributed by atoms with Crippen LogP contribution in [0.5, 0.6) is 5.75 Å². The number of carbonyl (C=O) groups excluding carboxylic acids is 4. The molecule has 0 bridgehead atoms. The van der Waals surface area contributed by atoms with Crippen molar-refractivity contribution >= 4 is 66.5 Å². The normalized spacial score (nSPS) is 12.1. The van der Waals surface area contributed by atoms with E-state index >= 15 is 0 Å². The molecule has 1 aliphatic heterocycles. The zero-order valence-corrected chi connectivity index (χ0v) is 45.7. The summed E-state index contributed by atoms with van der Waals surface area (Å²) in [7, 11) is -8.55. The van der Waals surface area contributed by atoms with E-state index in [-0.39, 0.29) is 161 Å². The third-order valence-electron chi connectivity index (χ3n) is 11.5. The van der Waals surface area contributed by atoms with Gasteiger partial charge in [0.25, 0.3) is 21.9 Å². The first-order valence-electron chi connectivity index (χ1n) is 25.1. The minimum absolute atomic E-state index is 0.0421. The third kappa shape index (κ3) is 18.7. The highest BCUT2D eigenvalue weighted by Gasteiger charge is 2.34. The fourth-order valence-electron chi connectivity index (χ4n) is 7.98. The van der Waals surface area contributed by atoms with Gasteiger partial charge in [-0.1, -0.05) is 29.4 Å². The van der Waals surface area contributed by atoms with Crippen LogP contribution in [0.4, 0.5) is 5.69 Å². The number of nitrogens with zero attached hydrogens (tertiary/aromatic N) is 4. The molecule has 0 spiro atoms. The Morgan fingerprint density at radius 3 is 2.20 bits per heavy atom. The Labute approximate surface area is 460 Å². The molecule has 0 saturated carbocycles. The average molecular weight is 1160 g/mol. The van der Waals surface area contributed by atoms with Crippen molar-refractivity contribution in [1.29, 1.82) is 0 Å². The highest BCUT2D eigenvalue weighted by Crippen LogP contribution is 2.46. The van der Waals surface area contributed by atoms with Crippen LogP contribution >= 0.6 is 0 Å². The van der Waals surface area contributed by atoms with E-state index in [0.717, 1.165) is 0 Å². The van der Waals surface area contributed by atoms with E-state index in [1.807, 2.05) is 0 Å². The van der Waals surface area contributed by atoms with Gasteiger partial charge in [-0.3, -0.25) is 28.3 Å². The van der Waals surface area contributed by atoms with Gasteiger partial charge in [-0.15, -0.1) is 0 Å². The maximum absolute atomic E-state index is 14.2. The molecule has 29 heteroatoms. The largest absolute Gasteiger partial charge is 0.491 e. The Morgan fingerprint density at radius 1 is 0.787 bits per heavy atom. The van der Waals surface area contributed by atoms with Gasteiger partial charge < -0.3 is 59.4 Å². The van der Waals surface area contributed by atoms with Crippen molar-refractivity contribution in [2.75, 3.05) is 104 Å². The van der Waals surface area contributed by atoms with Gasteiger partial charge in [-0.2, -0.15) is 16.8 Å². The number of rotatable bonds is 34. The first-order valence-corrected chi connectivity index (χ1v) is 28.0. The molecule has 0 aromatic heterocycles. The Balaban J connectivity index is 1.02. The summed E-state index contributed by atoms with van der Waals surface area (Å²) < 4.78 is 106. The van der Waals surface area contributed by atoms with Gasteiger partial charge >= 0.3 is 16.1 Å². The van der Waals surface area contributed by atoms with Crippen molar-refractivity contribution in [3.63, 3.8) is 0 Å². The monoisotopic (exact) mass is 1150 g/mol. The van der Waals surface area contributed by atoms with Crippen molar-refractivity contribution < 1.29 is 88.1 Å². The summed E-state index contributed by atoms with van der Waals surface area (Å²) in [5.41, 5.74) is 9.25. The highest BCUT2D eigenvalue weighted by molar-refractivity contribution is 7.86.